The van der Waals surface area contributed by atoms with E-state index >= 15 is 0 Å². The molecule has 1 saturated heterocycles. The molecule has 122 valence electrons. The van der Waals surface area contributed by atoms with Crippen LogP contribution in [0.2, 0.25) is 0 Å². The fraction of sp³-hybridized carbons (Fsp3) is 0.632. The van der Waals surface area contributed by atoms with E-state index in [0.29, 0.717) is 12.3 Å². The molecule has 0 radical (unpaired) electrons. The van der Waals surface area contributed by atoms with Crippen LogP contribution in [0.25, 0.3) is 0 Å². The summed E-state index contributed by atoms with van der Waals surface area (Å²) in [4.78, 5) is 14.7. The first-order chi connectivity index (χ1) is 10.5. The van der Waals surface area contributed by atoms with Gasteiger partial charge >= 0.3 is 0 Å². The van der Waals surface area contributed by atoms with Crippen molar-refractivity contribution >= 4 is 5.91 Å². The molecule has 0 aliphatic carbocycles. The summed E-state index contributed by atoms with van der Waals surface area (Å²) < 4.78 is 0. The molecule has 1 aromatic carbocycles. The molecule has 2 rings (SSSR count). The number of hydrogen-bond acceptors (Lipinski definition) is 2. The molecule has 22 heavy (non-hydrogen) atoms. The maximum absolute atomic E-state index is 12.6. The lowest BCUT2D eigenvalue weighted by molar-refractivity contribution is -0.133. The molecular formula is C19H30N2O. The van der Waals surface area contributed by atoms with E-state index in [1.54, 1.807) is 0 Å². The predicted octanol–water partition coefficient (Wildman–Crippen LogP) is 3.20. The van der Waals surface area contributed by atoms with Gasteiger partial charge in [-0.2, -0.15) is 0 Å². The second-order valence-corrected chi connectivity index (χ2v) is 7.14. The maximum Gasteiger partial charge on any atom is 0.223 e. The molecule has 1 fully saturated rings. The zero-order valence-corrected chi connectivity index (χ0v) is 14.3. The van der Waals surface area contributed by atoms with E-state index in [1.165, 1.54) is 12.0 Å². The summed E-state index contributed by atoms with van der Waals surface area (Å²) in [5.74, 6) is 1.08. The van der Waals surface area contributed by atoms with Gasteiger partial charge in [0.15, 0.2) is 0 Å². The van der Waals surface area contributed by atoms with Crippen LogP contribution in [-0.2, 0) is 10.2 Å². The quantitative estimate of drug-likeness (QED) is 0.875. The Morgan fingerprint density at radius 2 is 1.86 bits per heavy atom. The number of piperidine rings is 1. The number of nitrogens with one attached hydrogen (secondary N) is 1. The van der Waals surface area contributed by atoms with Crippen LogP contribution in [0.4, 0.5) is 0 Å². The number of likely N-dealkylation sites (tertiary alicyclic amines) is 1. The highest BCUT2D eigenvalue weighted by molar-refractivity contribution is 5.77. The van der Waals surface area contributed by atoms with E-state index in [9.17, 15) is 4.79 Å². The van der Waals surface area contributed by atoms with Gasteiger partial charge in [-0.05, 0) is 49.8 Å². The van der Waals surface area contributed by atoms with Gasteiger partial charge in [0.2, 0.25) is 5.91 Å². The first kappa shape index (κ1) is 17.0. The number of carbonyl (C=O) groups excluding carboxylic acids is 1. The monoisotopic (exact) mass is 302 g/mol. The molecular weight excluding hydrogens is 272 g/mol. The number of amides is 1. The molecule has 0 saturated carbocycles. The fourth-order valence-corrected chi connectivity index (χ4v) is 3.30. The average Bonchev–Trinajstić information content (AvgIpc) is 2.54. The maximum atomic E-state index is 12.6. The van der Waals surface area contributed by atoms with Gasteiger partial charge in [-0.1, -0.05) is 44.2 Å². The van der Waals surface area contributed by atoms with Gasteiger partial charge in [0.25, 0.3) is 0 Å². The predicted molar refractivity (Wildman–Crippen MR) is 91.9 cm³/mol. The van der Waals surface area contributed by atoms with Crippen molar-refractivity contribution in [3.05, 3.63) is 35.9 Å². The summed E-state index contributed by atoms with van der Waals surface area (Å²) in [6, 6.07) is 10.4. The molecule has 1 aliphatic heterocycles. The first-order valence-corrected chi connectivity index (χ1v) is 8.51. The van der Waals surface area contributed by atoms with Gasteiger partial charge < -0.3 is 10.2 Å². The van der Waals surface area contributed by atoms with Crippen LogP contribution >= 0.6 is 0 Å². The van der Waals surface area contributed by atoms with Crippen molar-refractivity contribution in [2.45, 2.75) is 44.9 Å². The highest BCUT2D eigenvalue weighted by Gasteiger charge is 2.29. The summed E-state index contributed by atoms with van der Waals surface area (Å²) in [5.41, 5.74) is 1.15. The Labute approximate surface area is 135 Å². The highest BCUT2D eigenvalue weighted by Crippen LogP contribution is 2.29. The fourth-order valence-electron chi connectivity index (χ4n) is 3.30. The number of hydrogen-bond donors (Lipinski definition) is 1. The van der Waals surface area contributed by atoms with E-state index in [2.05, 4.69) is 48.3 Å². The molecule has 1 amide bonds. The molecule has 0 spiro atoms. The average molecular weight is 302 g/mol. The highest BCUT2D eigenvalue weighted by atomic mass is 16.2. The zero-order chi connectivity index (χ0) is 16.0. The van der Waals surface area contributed by atoms with Crippen LogP contribution in [0.1, 0.15) is 45.1 Å². The van der Waals surface area contributed by atoms with Crippen molar-refractivity contribution in [3.63, 3.8) is 0 Å². The number of carbonyl (C=O) groups is 1. The molecule has 1 heterocycles. The molecule has 1 aliphatic rings. The smallest absolute Gasteiger partial charge is 0.223 e. The van der Waals surface area contributed by atoms with Gasteiger partial charge in [0.1, 0.15) is 0 Å². The molecule has 3 nitrogen and oxygen atoms in total. The van der Waals surface area contributed by atoms with Crippen molar-refractivity contribution in [1.82, 2.24) is 10.2 Å². The third kappa shape index (κ3) is 4.57. The molecule has 0 unspecified atom stereocenters. The molecule has 1 aromatic rings. The Hall–Kier alpha value is -1.35. The van der Waals surface area contributed by atoms with Gasteiger partial charge in [-0.3, -0.25) is 4.79 Å². The third-order valence-electron chi connectivity index (χ3n) is 4.92. The van der Waals surface area contributed by atoms with Crippen molar-refractivity contribution in [1.29, 1.82) is 0 Å². The summed E-state index contributed by atoms with van der Waals surface area (Å²) in [6.45, 7) is 7.27. The van der Waals surface area contributed by atoms with E-state index in [1.807, 2.05) is 13.1 Å². The second kappa shape index (κ2) is 7.77. The molecule has 0 atom stereocenters. The third-order valence-corrected chi connectivity index (χ3v) is 4.92. The Kier molecular flexibility index (Phi) is 6.01. The lowest BCUT2D eigenvalue weighted by Crippen LogP contribution is -2.41. The van der Waals surface area contributed by atoms with E-state index in [0.717, 1.165) is 38.4 Å². The largest absolute Gasteiger partial charge is 0.343 e. The Morgan fingerprint density at radius 3 is 2.45 bits per heavy atom. The van der Waals surface area contributed by atoms with Crippen LogP contribution in [0.15, 0.2) is 30.3 Å². The molecule has 0 aromatic heterocycles. The van der Waals surface area contributed by atoms with Crippen molar-refractivity contribution in [2.24, 2.45) is 5.92 Å². The van der Waals surface area contributed by atoms with Gasteiger partial charge in [0, 0.05) is 19.5 Å². The van der Waals surface area contributed by atoms with Gasteiger partial charge in [-0.25, -0.2) is 0 Å². The van der Waals surface area contributed by atoms with Crippen LogP contribution in [0, 0.1) is 5.92 Å². The van der Waals surface area contributed by atoms with E-state index in [4.69, 9.17) is 0 Å². The Morgan fingerprint density at radius 1 is 1.23 bits per heavy atom. The number of benzene rings is 1. The lowest BCUT2D eigenvalue weighted by Gasteiger charge is -2.34. The number of nitrogens with zero attached hydrogens (tertiary/aromatic N) is 1. The minimum absolute atomic E-state index is 0.0959. The Bertz CT molecular complexity index is 462. The minimum Gasteiger partial charge on any atom is -0.343 e. The summed E-state index contributed by atoms with van der Waals surface area (Å²) in [5, 5.41) is 3.22. The van der Waals surface area contributed by atoms with Crippen LogP contribution in [0.5, 0.6) is 0 Å². The molecule has 0 bridgehead atoms. The second-order valence-electron chi connectivity index (χ2n) is 7.14. The van der Waals surface area contributed by atoms with Crippen LogP contribution < -0.4 is 5.32 Å². The molecule has 3 heteroatoms. The van der Waals surface area contributed by atoms with Crippen LogP contribution in [-0.4, -0.2) is 37.5 Å². The SMILES string of the molecule is CNCCC1CCN(C(=O)CC(C)(C)c2ccccc2)CC1. The number of rotatable bonds is 6. The van der Waals surface area contributed by atoms with Crippen molar-refractivity contribution < 1.29 is 4.79 Å². The van der Waals surface area contributed by atoms with Crippen LogP contribution in [0.3, 0.4) is 0 Å². The first-order valence-electron chi connectivity index (χ1n) is 8.51. The summed E-state index contributed by atoms with van der Waals surface area (Å²) in [7, 11) is 2.00. The van der Waals surface area contributed by atoms with Gasteiger partial charge in [0.05, 0.1) is 0 Å². The van der Waals surface area contributed by atoms with E-state index < -0.39 is 0 Å². The van der Waals surface area contributed by atoms with E-state index in [-0.39, 0.29) is 5.41 Å². The standard InChI is InChI=1S/C19H30N2O/c1-19(2,17-7-5-4-6-8-17)15-18(22)21-13-10-16(11-14-21)9-12-20-3/h4-8,16,20H,9-15H2,1-3H3. The minimum atomic E-state index is -0.0959. The molecule has 1 N–H and O–H groups in total. The Balaban J connectivity index is 1.85. The topological polar surface area (TPSA) is 32.3 Å². The summed E-state index contributed by atoms with van der Waals surface area (Å²) in [6.07, 6.45) is 4.13. The lowest BCUT2D eigenvalue weighted by atomic mass is 9.81. The summed E-state index contributed by atoms with van der Waals surface area (Å²) >= 11 is 0. The normalized spacial score (nSPS) is 16.8. The van der Waals surface area contributed by atoms with Gasteiger partial charge in [-0.15, -0.1) is 0 Å². The zero-order valence-electron chi connectivity index (χ0n) is 14.3. The van der Waals surface area contributed by atoms with Crippen molar-refractivity contribution in [3.8, 4) is 0 Å². The van der Waals surface area contributed by atoms with Crippen molar-refractivity contribution in [2.75, 3.05) is 26.7 Å².